The summed E-state index contributed by atoms with van der Waals surface area (Å²) in [5.74, 6) is 0.860. The number of anilines is 1. The first kappa shape index (κ1) is 16.7. The summed E-state index contributed by atoms with van der Waals surface area (Å²) >= 11 is 0. The van der Waals surface area contributed by atoms with Crippen molar-refractivity contribution < 1.29 is 9.53 Å². The Morgan fingerprint density at radius 2 is 2.05 bits per heavy atom. The zero-order valence-corrected chi connectivity index (χ0v) is 13.7. The van der Waals surface area contributed by atoms with Gasteiger partial charge in [-0.3, -0.25) is 4.79 Å². The Balaban J connectivity index is 1.80. The van der Waals surface area contributed by atoms with Gasteiger partial charge < -0.3 is 15.8 Å². The van der Waals surface area contributed by atoms with Crippen molar-refractivity contribution in [3.63, 3.8) is 0 Å². The molecule has 22 heavy (non-hydrogen) atoms. The third-order valence-electron chi connectivity index (χ3n) is 4.05. The number of nitrogens with one attached hydrogen (secondary N) is 1. The van der Waals surface area contributed by atoms with E-state index in [1.807, 2.05) is 32.0 Å². The fraction of sp³-hybridized carbons (Fsp3) is 0.611. The summed E-state index contributed by atoms with van der Waals surface area (Å²) in [5.41, 5.74) is 7.71. The molecule has 122 valence electrons. The number of rotatable bonds is 6. The predicted molar refractivity (Wildman–Crippen MR) is 90.0 cm³/mol. The molecule has 0 unspecified atom stereocenters. The van der Waals surface area contributed by atoms with Crippen LogP contribution in [0.25, 0.3) is 0 Å². The van der Waals surface area contributed by atoms with Crippen molar-refractivity contribution in [2.45, 2.75) is 70.9 Å². The van der Waals surface area contributed by atoms with Gasteiger partial charge in [-0.25, -0.2) is 0 Å². The summed E-state index contributed by atoms with van der Waals surface area (Å²) < 4.78 is 5.62. The average molecular weight is 304 g/mol. The zero-order chi connectivity index (χ0) is 15.9. The molecule has 0 saturated heterocycles. The number of carbonyl (C=O) groups is 1. The topological polar surface area (TPSA) is 64.3 Å². The van der Waals surface area contributed by atoms with E-state index < -0.39 is 0 Å². The number of benzene rings is 1. The highest BCUT2D eigenvalue weighted by atomic mass is 16.5. The van der Waals surface area contributed by atoms with Crippen LogP contribution in [0.4, 0.5) is 5.69 Å². The third kappa shape index (κ3) is 5.24. The molecule has 0 aromatic heterocycles. The summed E-state index contributed by atoms with van der Waals surface area (Å²) in [7, 11) is 0. The van der Waals surface area contributed by atoms with Gasteiger partial charge in [0.15, 0.2) is 0 Å². The van der Waals surface area contributed by atoms with E-state index >= 15 is 0 Å². The molecule has 1 fully saturated rings. The van der Waals surface area contributed by atoms with Crippen molar-refractivity contribution in [1.29, 1.82) is 0 Å². The molecule has 1 aromatic rings. The fourth-order valence-corrected chi connectivity index (χ4v) is 2.92. The van der Waals surface area contributed by atoms with E-state index in [1.54, 1.807) is 0 Å². The van der Waals surface area contributed by atoms with Crippen molar-refractivity contribution in [2.75, 3.05) is 5.73 Å². The highest BCUT2D eigenvalue weighted by Gasteiger charge is 2.15. The predicted octanol–water partition coefficient (Wildman–Crippen LogP) is 3.44. The van der Waals surface area contributed by atoms with E-state index in [0.717, 1.165) is 18.4 Å². The second kappa shape index (κ2) is 8.06. The van der Waals surface area contributed by atoms with Gasteiger partial charge in [-0.05, 0) is 50.8 Å². The monoisotopic (exact) mass is 304 g/mol. The van der Waals surface area contributed by atoms with Crippen LogP contribution in [0.15, 0.2) is 18.2 Å². The van der Waals surface area contributed by atoms with Crippen molar-refractivity contribution in [3.8, 4) is 5.75 Å². The summed E-state index contributed by atoms with van der Waals surface area (Å²) in [6.45, 7) is 3.95. The number of amides is 1. The quantitative estimate of drug-likeness (QED) is 0.791. The van der Waals surface area contributed by atoms with Crippen molar-refractivity contribution >= 4 is 11.6 Å². The molecule has 0 atom stereocenters. The molecule has 2 rings (SSSR count). The van der Waals surface area contributed by atoms with Gasteiger partial charge in [0.05, 0.1) is 11.8 Å². The average Bonchev–Trinajstić information content (AvgIpc) is 2.48. The molecule has 1 saturated carbocycles. The van der Waals surface area contributed by atoms with Crippen molar-refractivity contribution in [2.24, 2.45) is 0 Å². The number of hydrogen-bond donors (Lipinski definition) is 2. The molecule has 4 heteroatoms. The van der Waals surface area contributed by atoms with E-state index in [9.17, 15) is 4.79 Å². The molecule has 0 heterocycles. The summed E-state index contributed by atoms with van der Waals surface area (Å²) in [4.78, 5) is 12.0. The Hall–Kier alpha value is -1.71. The number of carbonyl (C=O) groups excluding carboxylic acids is 1. The van der Waals surface area contributed by atoms with Crippen LogP contribution in [0.5, 0.6) is 5.75 Å². The molecule has 4 nitrogen and oxygen atoms in total. The van der Waals surface area contributed by atoms with E-state index in [2.05, 4.69) is 5.32 Å². The standard InChI is InChI=1S/C18H28N2O2/c1-13(2)22-17-10-8-14(12-16(17)19)9-11-18(21)20-15-6-4-3-5-7-15/h8,10,12-13,15H,3-7,9,11,19H2,1-2H3,(H,20,21). The first-order valence-electron chi connectivity index (χ1n) is 8.39. The second-order valence-corrected chi connectivity index (χ2v) is 6.44. The lowest BCUT2D eigenvalue weighted by Crippen LogP contribution is -2.36. The molecule has 1 aliphatic carbocycles. The van der Waals surface area contributed by atoms with Gasteiger partial charge in [0.1, 0.15) is 5.75 Å². The van der Waals surface area contributed by atoms with Gasteiger partial charge in [-0.1, -0.05) is 25.3 Å². The van der Waals surface area contributed by atoms with E-state index in [0.29, 0.717) is 30.3 Å². The maximum absolute atomic E-state index is 12.0. The van der Waals surface area contributed by atoms with E-state index in [-0.39, 0.29) is 12.0 Å². The number of nitrogen functional groups attached to an aromatic ring is 1. The first-order chi connectivity index (χ1) is 10.5. The van der Waals surface area contributed by atoms with Crippen LogP contribution in [0.3, 0.4) is 0 Å². The minimum Gasteiger partial charge on any atom is -0.489 e. The Morgan fingerprint density at radius 3 is 2.68 bits per heavy atom. The molecule has 0 spiro atoms. The summed E-state index contributed by atoms with van der Waals surface area (Å²) in [6.07, 6.45) is 7.35. The molecule has 1 aromatic carbocycles. The van der Waals surface area contributed by atoms with Crippen molar-refractivity contribution in [3.05, 3.63) is 23.8 Å². The molecule has 0 bridgehead atoms. The highest BCUT2D eigenvalue weighted by Crippen LogP contribution is 2.24. The van der Waals surface area contributed by atoms with Crippen LogP contribution < -0.4 is 15.8 Å². The van der Waals surface area contributed by atoms with Gasteiger partial charge in [-0.2, -0.15) is 0 Å². The zero-order valence-electron chi connectivity index (χ0n) is 13.7. The minimum absolute atomic E-state index is 0.106. The molecule has 0 aliphatic heterocycles. The Bertz CT molecular complexity index is 494. The molecule has 0 radical (unpaired) electrons. The SMILES string of the molecule is CC(C)Oc1ccc(CCC(=O)NC2CCCCC2)cc1N. The van der Waals surface area contributed by atoms with Crippen molar-refractivity contribution in [1.82, 2.24) is 5.32 Å². The maximum atomic E-state index is 12.0. The van der Waals surface area contributed by atoms with Crippen LogP contribution >= 0.6 is 0 Å². The van der Waals surface area contributed by atoms with Gasteiger partial charge in [-0.15, -0.1) is 0 Å². The molecular weight excluding hydrogens is 276 g/mol. The Labute approximate surface area is 133 Å². The van der Waals surface area contributed by atoms with Gasteiger partial charge in [0.25, 0.3) is 0 Å². The summed E-state index contributed by atoms with van der Waals surface area (Å²) in [5, 5.41) is 3.15. The molecule has 3 N–H and O–H groups in total. The largest absolute Gasteiger partial charge is 0.489 e. The lowest BCUT2D eigenvalue weighted by atomic mass is 9.95. The van der Waals surface area contributed by atoms with Gasteiger partial charge in [0.2, 0.25) is 5.91 Å². The molecule has 1 aliphatic rings. The highest BCUT2D eigenvalue weighted by molar-refractivity contribution is 5.76. The number of ether oxygens (including phenoxy) is 1. The minimum atomic E-state index is 0.106. The number of nitrogens with two attached hydrogens (primary N) is 1. The van der Waals surface area contributed by atoms with Crippen LogP contribution in [-0.2, 0) is 11.2 Å². The van der Waals surface area contributed by atoms with Gasteiger partial charge >= 0.3 is 0 Å². The molecular formula is C18H28N2O2. The second-order valence-electron chi connectivity index (χ2n) is 6.44. The van der Waals surface area contributed by atoms with E-state index in [4.69, 9.17) is 10.5 Å². The molecule has 1 amide bonds. The lowest BCUT2D eigenvalue weighted by Gasteiger charge is -2.22. The third-order valence-corrected chi connectivity index (χ3v) is 4.05. The smallest absolute Gasteiger partial charge is 0.220 e. The Morgan fingerprint density at radius 1 is 1.32 bits per heavy atom. The van der Waals surface area contributed by atoms with E-state index in [1.165, 1.54) is 19.3 Å². The summed E-state index contributed by atoms with van der Waals surface area (Å²) in [6, 6.07) is 6.17. The first-order valence-corrected chi connectivity index (χ1v) is 8.39. The van der Waals surface area contributed by atoms with Crippen LogP contribution in [-0.4, -0.2) is 18.1 Å². The number of aryl methyl sites for hydroxylation is 1. The maximum Gasteiger partial charge on any atom is 0.220 e. The van der Waals surface area contributed by atoms with Crippen LogP contribution in [0.1, 0.15) is 57.9 Å². The number of hydrogen-bond acceptors (Lipinski definition) is 3. The normalized spacial score (nSPS) is 15.8. The van der Waals surface area contributed by atoms with Gasteiger partial charge in [0, 0.05) is 12.5 Å². The van der Waals surface area contributed by atoms with Crippen LogP contribution in [0, 0.1) is 0 Å². The lowest BCUT2D eigenvalue weighted by molar-refractivity contribution is -0.121. The van der Waals surface area contributed by atoms with Crippen LogP contribution in [0.2, 0.25) is 0 Å². The Kier molecular flexibility index (Phi) is 6.10. The fourth-order valence-electron chi connectivity index (χ4n) is 2.92.